The fourth-order valence-corrected chi connectivity index (χ4v) is 1.16. The molecule has 0 radical (unpaired) electrons. The Morgan fingerprint density at radius 2 is 1.20 bits per heavy atom. The van der Waals surface area contributed by atoms with Crippen LogP contribution in [0.2, 0.25) is 0 Å². The maximum absolute atomic E-state index is 11.9. The number of halogens is 3. The summed E-state index contributed by atoms with van der Waals surface area (Å²) in [5, 5.41) is 0. The van der Waals surface area contributed by atoms with Crippen LogP contribution in [0, 0.1) is 0 Å². The van der Waals surface area contributed by atoms with Crippen molar-refractivity contribution in [3.8, 4) is 0 Å². The minimum absolute atomic E-state index is 0.535. The molecule has 0 aliphatic heterocycles. The molecule has 0 amide bonds. The average Bonchev–Trinajstić information content (AvgIpc) is 2.03. The van der Waals surface area contributed by atoms with E-state index in [2.05, 4.69) is 13.8 Å². The maximum atomic E-state index is 11.9. The van der Waals surface area contributed by atoms with E-state index in [1.165, 1.54) is 11.3 Å². The first-order valence-electron chi connectivity index (χ1n) is 5.70. The Bertz CT molecular complexity index is 117. The van der Waals surface area contributed by atoms with Crippen LogP contribution in [0.4, 0.5) is 13.2 Å². The topological polar surface area (TPSA) is 3.24 Å². The van der Waals surface area contributed by atoms with Crippen LogP contribution in [0.25, 0.3) is 0 Å². The molecule has 0 heterocycles. The summed E-state index contributed by atoms with van der Waals surface area (Å²) in [5.41, 5.74) is 0. The molecular weight excluding hydrogens is 203 g/mol. The van der Waals surface area contributed by atoms with Gasteiger partial charge in [-0.1, -0.05) is 34.1 Å². The molecule has 94 valence electrons. The molecular formula is C11H24F3N. The van der Waals surface area contributed by atoms with Gasteiger partial charge < -0.3 is 0 Å². The van der Waals surface area contributed by atoms with E-state index in [-0.39, 0.29) is 0 Å². The fourth-order valence-electron chi connectivity index (χ4n) is 1.16. The van der Waals surface area contributed by atoms with Gasteiger partial charge in [0.15, 0.2) is 0 Å². The zero-order valence-corrected chi connectivity index (χ0v) is 10.3. The summed E-state index contributed by atoms with van der Waals surface area (Å²) in [6.45, 7) is 8.33. The van der Waals surface area contributed by atoms with Crippen LogP contribution in [-0.2, 0) is 0 Å². The van der Waals surface area contributed by atoms with Gasteiger partial charge in [-0.2, -0.15) is 13.2 Å². The van der Waals surface area contributed by atoms with Gasteiger partial charge in [-0.15, -0.1) is 0 Å². The van der Waals surface area contributed by atoms with Crippen molar-refractivity contribution in [2.45, 2.75) is 53.1 Å². The monoisotopic (exact) mass is 227 g/mol. The van der Waals surface area contributed by atoms with E-state index in [4.69, 9.17) is 0 Å². The smallest absolute Gasteiger partial charge is 0.295 e. The van der Waals surface area contributed by atoms with E-state index >= 15 is 0 Å². The second-order valence-electron chi connectivity index (χ2n) is 3.60. The number of alkyl halides is 3. The lowest BCUT2D eigenvalue weighted by Crippen LogP contribution is -2.35. The number of hydrogen-bond acceptors (Lipinski definition) is 1. The molecule has 0 atom stereocenters. The zero-order chi connectivity index (χ0) is 12.3. The van der Waals surface area contributed by atoms with Gasteiger partial charge in [-0.3, -0.25) is 4.90 Å². The third-order valence-corrected chi connectivity index (χ3v) is 1.48. The van der Waals surface area contributed by atoms with Crippen LogP contribution in [0.1, 0.15) is 47.0 Å². The lowest BCUT2D eigenvalue weighted by Gasteiger charge is -2.21. The lowest BCUT2D eigenvalue weighted by molar-refractivity contribution is -0.145. The Kier molecular flexibility index (Phi) is 11.7. The first kappa shape index (κ1) is 17.2. The predicted octanol–water partition coefficient (Wildman–Crippen LogP) is 4.09. The van der Waals surface area contributed by atoms with Crippen molar-refractivity contribution in [2.24, 2.45) is 0 Å². The molecule has 15 heavy (non-hydrogen) atoms. The van der Waals surface area contributed by atoms with Gasteiger partial charge in [0.2, 0.25) is 0 Å². The predicted molar refractivity (Wildman–Crippen MR) is 59.0 cm³/mol. The van der Waals surface area contributed by atoms with E-state index in [1.54, 1.807) is 0 Å². The summed E-state index contributed by atoms with van der Waals surface area (Å²) in [6.07, 6.45) is -1.25. The molecule has 0 fully saturated rings. The Balaban J connectivity index is 0. The molecule has 0 saturated carbocycles. The second kappa shape index (κ2) is 10.3. The van der Waals surface area contributed by atoms with Crippen molar-refractivity contribution >= 4 is 0 Å². The van der Waals surface area contributed by atoms with Crippen LogP contribution in [0.5, 0.6) is 0 Å². The molecule has 1 nitrogen and oxygen atoms in total. The van der Waals surface area contributed by atoms with E-state index < -0.39 is 12.7 Å². The van der Waals surface area contributed by atoms with Gasteiger partial charge in [-0.05, 0) is 25.9 Å². The summed E-state index contributed by atoms with van der Waals surface area (Å²) >= 11 is 0. The highest BCUT2D eigenvalue weighted by molar-refractivity contribution is 4.61. The first-order chi connectivity index (χ1) is 6.91. The fraction of sp³-hybridized carbons (Fsp3) is 1.00. The molecule has 0 aromatic heterocycles. The zero-order valence-electron chi connectivity index (χ0n) is 10.3. The molecule has 0 saturated heterocycles. The average molecular weight is 227 g/mol. The first-order valence-corrected chi connectivity index (χ1v) is 5.70. The van der Waals surface area contributed by atoms with E-state index in [0.717, 1.165) is 12.8 Å². The standard InChI is InChI=1S/C8H16F3N.C3H8/c1-3-5-12(6-4-2)7-8(9,10)11;1-3-2/h3-7H2,1-2H3;3H2,1-2H3. The van der Waals surface area contributed by atoms with Gasteiger partial charge >= 0.3 is 6.18 Å². The van der Waals surface area contributed by atoms with Crippen molar-refractivity contribution in [3.63, 3.8) is 0 Å². The number of nitrogens with zero attached hydrogens (tertiary/aromatic N) is 1. The molecule has 0 aliphatic carbocycles. The van der Waals surface area contributed by atoms with Gasteiger partial charge in [0, 0.05) is 0 Å². The molecule has 0 spiro atoms. The van der Waals surface area contributed by atoms with E-state index in [9.17, 15) is 13.2 Å². The summed E-state index contributed by atoms with van der Waals surface area (Å²) in [4.78, 5) is 1.44. The number of hydrogen-bond donors (Lipinski definition) is 0. The minimum Gasteiger partial charge on any atom is -0.295 e. The SMILES string of the molecule is CCC.CCCN(CCC)CC(F)(F)F. The van der Waals surface area contributed by atoms with Gasteiger partial charge in [-0.25, -0.2) is 0 Å². The lowest BCUT2D eigenvalue weighted by atomic mass is 10.3. The normalized spacial score (nSPS) is 11.2. The molecule has 0 aromatic rings. The van der Waals surface area contributed by atoms with Crippen molar-refractivity contribution in [3.05, 3.63) is 0 Å². The van der Waals surface area contributed by atoms with Crippen LogP contribution < -0.4 is 0 Å². The molecule has 0 rings (SSSR count). The Hall–Kier alpha value is -0.250. The summed E-state index contributed by atoms with van der Waals surface area (Å²) in [5.74, 6) is 0. The van der Waals surface area contributed by atoms with E-state index in [0.29, 0.717) is 13.1 Å². The van der Waals surface area contributed by atoms with Crippen molar-refractivity contribution in [1.29, 1.82) is 0 Å². The summed E-state index contributed by atoms with van der Waals surface area (Å²) < 4.78 is 35.7. The van der Waals surface area contributed by atoms with Gasteiger partial charge in [0.25, 0.3) is 0 Å². The molecule has 0 unspecified atom stereocenters. The highest BCUT2D eigenvalue weighted by Crippen LogP contribution is 2.16. The molecule has 0 bridgehead atoms. The van der Waals surface area contributed by atoms with Gasteiger partial charge in [0.05, 0.1) is 6.54 Å². The molecule has 0 N–H and O–H groups in total. The van der Waals surface area contributed by atoms with Crippen LogP contribution >= 0.6 is 0 Å². The Labute approximate surface area is 91.7 Å². The van der Waals surface area contributed by atoms with E-state index in [1.807, 2.05) is 13.8 Å². The van der Waals surface area contributed by atoms with Crippen LogP contribution in [0.3, 0.4) is 0 Å². The van der Waals surface area contributed by atoms with Crippen LogP contribution in [0.15, 0.2) is 0 Å². The Morgan fingerprint density at radius 1 is 0.867 bits per heavy atom. The summed E-state index contributed by atoms with van der Waals surface area (Å²) in [7, 11) is 0. The third kappa shape index (κ3) is 16.4. The number of rotatable bonds is 5. The molecule has 4 heteroatoms. The highest BCUT2D eigenvalue weighted by atomic mass is 19.4. The van der Waals surface area contributed by atoms with Gasteiger partial charge in [0.1, 0.15) is 0 Å². The summed E-state index contributed by atoms with van der Waals surface area (Å²) in [6, 6.07) is 0. The third-order valence-electron chi connectivity index (χ3n) is 1.48. The quantitative estimate of drug-likeness (QED) is 0.684. The molecule has 0 aromatic carbocycles. The second-order valence-corrected chi connectivity index (χ2v) is 3.60. The van der Waals surface area contributed by atoms with Crippen molar-refractivity contribution in [2.75, 3.05) is 19.6 Å². The van der Waals surface area contributed by atoms with Crippen molar-refractivity contribution in [1.82, 2.24) is 4.90 Å². The largest absolute Gasteiger partial charge is 0.401 e. The Morgan fingerprint density at radius 3 is 1.40 bits per heavy atom. The highest BCUT2D eigenvalue weighted by Gasteiger charge is 2.29. The minimum atomic E-state index is -4.05. The van der Waals surface area contributed by atoms with Crippen LogP contribution in [-0.4, -0.2) is 30.7 Å². The maximum Gasteiger partial charge on any atom is 0.401 e. The van der Waals surface area contributed by atoms with Crippen molar-refractivity contribution < 1.29 is 13.2 Å². The molecule has 0 aliphatic rings.